The van der Waals surface area contributed by atoms with Gasteiger partial charge in [-0.1, -0.05) is 63.3 Å². The van der Waals surface area contributed by atoms with Gasteiger partial charge in [-0.2, -0.15) is 4.39 Å². The smallest absolute Gasteiger partial charge is 0.201 e. The van der Waals surface area contributed by atoms with Gasteiger partial charge < -0.3 is 4.74 Å². The third kappa shape index (κ3) is 4.44. The molecule has 1 saturated carbocycles. The topological polar surface area (TPSA) is 9.23 Å². The van der Waals surface area contributed by atoms with Gasteiger partial charge >= 0.3 is 0 Å². The molecule has 0 atom stereocenters. The Kier molecular flexibility index (Phi) is 6.65. The van der Waals surface area contributed by atoms with Crippen LogP contribution >= 0.6 is 0 Å². The fourth-order valence-corrected chi connectivity index (χ4v) is 3.77. The highest BCUT2D eigenvalue weighted by molar-refractivity contribution is 5.65. The van der Waals surface area contributed by atoms with Crippen molar-refractivity contribution in [3.8, 4) is 16.9 Å². The van der Waals surface area contributed by atoms with Crippen molar-refractivity contribution >= 4 is 0 Å². The number of unbranched alkanes of at least 4 members (excludes halogenated alkanes) is 2. The van der Waals surface area contributed by atoms with Gasteiger partial charge in [0, 0.05) is 5.56 Å². The Hall–Kier alpha value is -1.90. The normalized spacial score (nSPS) is 15.2. The van der Waals surface area contributed by atoms with Crippen molar-refractivity contribution in [2.75, 3.05) is 6.61 Å². The van der Waals surface area contributed by atoms with Crippen LogP contribution in [0, 0.1) is 11.6 Å². The van der Waals surface area contributed by atoms with E-state index in [1.165, 1.54) is 43.7 Å². The first-order valence-corrected chi connectivity index (χ1v) is 9.92. The molecule has 0 aromatic heterocycles. The van der Waals surface area contributed by atoms with Gasteiger partial charge in [-0.05, 0) is 48.4 Å². The summed E-state index contributed by atoms with van der Waals surface area (Å²) in [5, 5.41) is 0. The van der Waals surface area contributed by atoms with Crippen LogP contribution in [-0.4, -0.2) is 6.61 Å². The van der Waals surface area contributed by atoms with Crippen LogP contribution in [0.1, 0.15) is 69.8 Å². The molecule has 0 amide bonds. The van der Waals surface area contributed by atoms with Gasteiger partial charge in [-0.3, -0.25) is 0 Å². The van der Waals surface area contributed by atoms with Gasteiger partial charge in [-0.25, -0.2) is 4.39 Å². The van der Waals surface area contributed by atoms with Crippen molar-refractivity contribution in [1.29, 1.82) is 0 Å². The van der Waals surface area contributed by atoms with Crippen LogP contribution in [0.3, 0.4) is 0 Å². The lowest BCUT2D eigenvalue weighted by Crippen LogP contribution is -2.04. The highest BCUT2D eigenvalue weighted by Crippen LogP contribution is 2.35. The number of benzene rings is 2. The Labute approximate surface area is 155 Å². The number of ether oxygens (including phenoxy) is 1. The highest BCUT2D eigenvalue weighted by Gasteiger charge is 2.18. The van der Waals surface area contributed by atoms with Crippen molar-refractivity contribution in [3.05, 3.63) is 53.6 Å². The van der Waals surface area contributed by atoms with Crippen LogP contribution in [0.15, 0.2) is 36.4 Å². The Bertz CT molecular complexity index is 703. The number of halogens is 2. The molecule has 1 aliphatic rings. The average Bonchev–Trinajstić information content (AvgIpc) is 2.69. The molecule has 0 spiro atoms. The van der Waals surface area contributed by atoms with Gasteiger partial charge in [0.1, 0.15) is 0 Å². The maximum Gasteiger partial charge on any atom is 0.201 e. The predicted molar refractivity (Wildman–Crippen MR) is 103 cm³/mol. The van der Waals surface area contributed by atoms with E-state index in [1.54, 1.807) is 6.07 Å². The van der Waals surface area contributed by atoms with E-state index in [9.17, 15) is 8.78 Å². The highest BCUT2D eigenvalue weighted by atomic mass is 19.2. The summed E-state index contributed by atoms with van der Waals surface area (Å²) in [4.78, 5) is 0. The first-order chi connectivity index (χ1) is 12.7. The Morgan fingerprint density at radius 2 is 1.62 bits per heavy atom. The minimum Gasteiger partial charge on any atom is -0.490 e. The zero-order valence-electron chi connectivity index (χ0n) is 15.6. The first kappa shape index (κ1) is 18.9. The minimum atomic E-state index is -0.893. The van der Waals surface area contributed by atoms with E-state index >= 15 is 0 Å². The minimum absolute atomic E-state index is 0.00109. The van der Waals surface area contributed by atoms with Crippen molar-refractivity contribution in [3.63, 3.8) is 0 Å². The van der Waals surface area contributed by atoms with Crippen LogP contribution in [0.2, 0.25) is 0 Å². The van der Waals surface area contributed by atoms with E-state index < -0.39 is 11.6 Å². The fourth-order valence-electron chi connectivity index (χ4n) is 3.77. The molecule has 3 rings (SSSR count). The molecular formula is C23H28F2O. The lowest BCUT2D eigenvalue weighted by Gasteiger charge is -2.22. The van der Waals surface area contributed by atoms with Gasteiger partial charge in [0.15, 0.2) is 11.6 Å². The summed E-state index contributed by atoms with van der Waals surface area (Å²) in [6.07, 6.45) is 9.29. The zero-order chi connectivity index (χ0) is 18.4. The summed E-state index contributed by atoms with van der Waals surface area (Å²) in [6, 6.07) is 11.1. The van der Waals surface area contributed by atoms with Crippen LogP contribution < -0.4 is 4.74 Å². The molecule has 2 aromatic carbocycles. The van der Waals surface area contributed by atoms with Crippen LogP contribution in [0.5, 0.6) is 5.75 Å². The zero-order valence-corrected chi connectivity index (χ0v) is 15.6. The van der Waals surface area contributed by atoms with Gasteiger partial charge in [-0.15, -0.1) is 0 Å². The number of hydrogen-bond acceptors (Lipinski definition) is 1. The molecule has 0 aliphatic heterocycles. The van der Waals surface area contributed by atoms with E-state index in [-0.39, 0.29) is 5.75 Å². The second kappa shape index (κ2) is 9.16. The van der Waals surface area contributed by atoms with Crippen LogP contribution in [0.4, 0.5) is 8.78 Å². The predicted octanol–water partition coefficient (Wildman–Crippen LogP) is 7.25. The van der Waals surface area contributed by atoms with Crippen LogP contribution in [0.25, 0.3) is 11.1 Å². The second-order valence-electron chi connectivity index (χ2n) is 7.25. The van der Waals surface area contributed by atoms with Gasteiger partial charge in [0.2, 0.25) is 5.82 Å². The summed E-state index contributed by atoms with van der Waals surface area (Å²) >= 11 is 0. The maximum atomic E-state index is 14.5. The largest absolute Gasteiger partial charge is 0.490 e. The molecule has 0 saturated heterocycles. The van der Waals surface area contributed by atoms with Gasteiger partial charge in [0.25, 0.3) is 0 Å². The molecule has 0 bridgehead atoms. The summed E-state index contributed by atoms with van der Waals surface area (Å²) < 4.78 is 34.2. The molecule has 0 unspecified atom stereocenters. The first-order valence-electron chi connectivity index (χ1n) is 9.92. The molecular weight excluding hydrogens is 330 g/mol. The molecule has 0 radical (unpaired) electrons. The molecule has 0 heterocycles. The molecule has 1 fully saturated rings. The van der Waals surface area contributed by atoms with E-state index in [2.05, 4.69) is 19.1 Å². The average molecular weight is 358 g/mol. The van der Waals surface area contributed by atoms with Crippen molar-refractivity contribution in [2.45, 2.75) is 64.2 Å². The van der Waals surface area contributed by atoms with E-state index in [0.717, 1.165) is 19.3 Å². The number of hydrogen-bond donors (Lipinski definition) is 0. The monoisotopic (exact) mass is 358 g/mol. The second-order valence-corrected chi connectivity index (χ2v) is 7.25. The summed E-state index contributed by atoms with van der Waals surface area (Å²) in [5.41, 5.74) is 2.31. The third-order valence-corrected chi connectivity index (χ3v) is 5.35. The maximum absolute atomic E-state index is 14.5. The Balaban J connectivity index is 1.73. The third-order valence-electron chi connectivity index (χ3n) is 5.35. The van der Waals surface area contributed by atoms with Crippen molar-refractivity contribution in [2.24, 2.45) is 0 Å². The van der Waals surface area contributed by atoms with Crippen molar-refractivity contribution < 1.29 is 13.5 Å². The molecule has 3 heteroatoms. The Morgan fingerprint density at radius 1 is 0.885 bits per heavy atom. The van der Waals surface area contributed by atoms with Crippen molar-refractivity contribution in [1.82, 2.24) is 0 Å². The van der Waals surface area contributed by atoms with E-state index in [1.807, 2.05) is 12.1 Å². The van der Waals surface area contributed by atoms with Crippen LogP contribution in [-0.2, 0) is 0 Å². The Morgan fingerprint density at radius 3 is 2.31 bits per heavy atom. The lowest BCUT2D eigenvalue weighted by molar-refractivity contribution is 0.286. The van der Waals surface area contributed by atoms with Gasteiger partial charge in [0.05, 0.1) is 6.61 Å². The molecule has 2 aromatic rings. The molecule has 1 aliphatic carbocycles. The SMILES string of the molecule is CCCCCOc1ccc(-c2ccc(C3CCCCC3)cc2)c(F)c1F. The molecule has 0 N–H and O–H groups in total. The summed E-state index contributed by atoms with van der Waals surface area (Å²) in [6.45, 7) is 2.51. The molecule has 1 nitrogen and oxygen atoms in total. The lowest BCUT2D eigenvalue weighted by atomic mass is 9.83. The molecule has 140 valence electrons. The standard InChI is InChI=1S/C23H28F2O/c1-2-3-7-16-26-21-15-14-20(22(24)23(21)25)19-12-10-18(11-13-19)17-8-5-4-6-9-17/h10-15,17H,2-9,16H2,1H3. The van der Waals surface area contributed by atoms with E-state index in [0.29, 0.717) is 23.7 Å². The fraction of sp³-hybridized carbons (Fsp3) is 0.478. The summed E-state index contributed by atoms with van der Waals surface area (Å²) in [7, 11) is 0. The number of rotatable bonds is 7. The quantitative estimate of drug-likeness (QED) is 0.474. The van der Waals surface area contributed by atoms with E-state index in [4.69, 9.17) is 4.74 Å². The molecule has 26 heavy (non-hydrogen) atoms. The summed E-state index contributed by atoms with van der Waals surface area (Å²) in [5.74, 6) is -1.11.